The van der Waals surface area contributed by atoms with Gasteiger partial charge in [0.25, 0.3) is 11.8 Å². The highest BCUT2D eigenvalue weighted by atomic mass is 16.5. The molecule has 5 heteroatoms. The van der Waals surface area contributed by atoms with Crippen LogP contribution in [-0.2, 0) is 9.53 Å². The van der Waals surface area contributed by atoms with Gasteiger partial charge in [0.2, 0.25) is 0 Å². The van der Waals surface area contributed by atoms with Crippen LogP contribution in [0.5, 0.6) is 5.75 Å². The minimum atomic E-state index is -0.453. The normalized spacial score (nSPS) is 16.2. The second-order valence-electron chi connectivity index (χ2n) is 3.68. The fraction of sp³-hybridized carbons (Fsp3) is 0.231. The van der Waals surface area contributed by atoms with Crippen molar-refractivity contribution in [1.29, 1.82) is 0 Å². The summed E-state index contributed by atoms with van der Waals surface area (Å²) in [6, 6.07) is 4.97. The molecule has 0 saturated heterocycles. The summed E-state index contributed by atoms with van der Waals surface area (Å²) in [5.74, 6) is -0.317. The highest BCUT2D eigenvalue weighted by Gasteiger charge is 2.27. The number of carbonyl (C=O) groups excluding carboxylic acids is 2. The van der Waals surface area contributed by atoms with Crippen molar-refractivity contribution in [2.24, 2.45) is 0 Å². The van der Waals surface area contributed by atoms with Crippen LogP contribution < -0.4 is 10.1 Å². The predicted octanol–water partition coefficient (Wildman–Crippen LogP) is 1.34. The molecule has 1 aromatic carbocycles. The van der Waals surface area contributed by atoms with Crippen molar-refractivity contribution in [3.8, 4) is 5.75 Å². The van der Waals surface area contributed by atoms with E-state index in [4.69, 9.17) is 9.47 Å². The molecular weight excluding hydrogens is 234 g/mol. The molecule has 0 fully saturated rings. The lowest BCUT2D eigenvalue weighted by molar-refractivity contribution is -0.114. The van der Waals surface area contributed by atoms with Crippen molar-refractivity contribution in [2.75, 3.05) is 13.7 Å². The molecule has 5 nitrogen and oxygen atoms in total. The minimum Gasteiger partial charge on any atom is -0.501 e. The first-order valence-electron chi connectivity index (χ1n) is 5.53. The number of hydrogen-bond acceptors (Lipinski definition) is 4. The Kier molecular flexibility index (Phi) is 3.32. The van der Waals surface area contributed by atoms with Crippen molar-refractivity contribution >= 4 is 17.4 Å². The first-order valence-corrected chi connectivity index (χ1v) is 5.53. The summed E-state index contributed by atoms with van der Waals surface area (Å²) in [5, 5.41) is 2.26. The fourth-order valence-corrected chi connectivity index (χ4v) is 1.72. The number of imide groups is 1. The lowest BCUT2D eigenvalue weighted by Crippen LogP contribution is -2.36. The van der Waals surface area contributed by atoms with E-state index in [1.165, 1.54) is 13.4 Å². The average Bonchev–Trinajstić information content (AvgIpc) is 2.38. The molecule has 1 heterocycles. The molecule has 1 aliphatic rings. The highest BCUT2D eigenvalue weighted by molar-refractivity contribution is 6.30. The second-order valence-corrected chi connectivity index (χ2v) is 3.68. The molecule has 0 unspecified atom stereocenters. The number of carbonyl (C=O) groups is 2. The van der Waals surface area contributed by atoms with Gasteiger partial charge in [-0.2, -0.15) is 0 Å². The van der Waals surface area contributed by atoms with E-state index < -0.39 is 11.8 Å². The topological polar surface area (TPSA) is 64.6 Å². The molecule has 2 amide bonds. The van der Waals surface area contributed by atoms with Crippen LogP contribution in [0.1, 0.15) is 22.8 Å². The third-order valence-corrected chi connectivity index (χ3v) is 2.60. The second kappa shape index (κ2) is 4.91. The average molecular weight is 247 g/mol. The van der Waals surface area contributed by atoms with Gasteiger partial charge in [-0.1, -0.05) is 0 Å². The summed E-state index contributed by atoms with van der Waals surface area (Å²) in [6.45, 7) is 2.27. The molecule has 0 aromatic heterocycles. The van der Waals surface area contributed by atoms with Crippen molar-refractivity contribution in [1.82, 2.24) is 5.32 Å². The van der Waals surface area contributed by atoms with Gasteiger partial charge in [0.15, 0.2) is 0 Å². The Morgan fingerprint density at radius 2 is 2.00 bits per heavy atom. The summed E-state index contributed by atoms with van der Waals surface area (Å²) in [5.41, 5.74) is 1.30. The molecule has 0 bridgehead atoms. The molecule has 0 radical (unpaired) electrons. The summed E-state index contributed by atoms with van der Waals surface area (Å²) in [4.78, 5) is 23.4. The predicted molar refractivity (Wildman–Crippen MR) is 65.1 cm³/mol. The maximum absolute atomic E-state index is 11.7. The first kappa shape index (κ1) is 12.2. The Morgan fingerprint density at radius 1 is 1.22 bits per heavy atom. The number of amides is 2. The Labute approximate surface area is 104 Å². The van der Waals surface area contributed by atoms with Gasteiger partial charge in [-0.05, 0) is 25.1 Å². The number of hydrogen-bond donors (Lipinski definition) is 1. The van der Waals surface area contributed by atoms with Gasteiger partial charge in [0, 0.05) is 5.56 Å². The van der Waals surface area contributed by atoms with E-state index in [0.717, 1.165) is 0 Å². The molecular formula is C13H13NO4. The summed E-state index contributed by atoms with van der Waals surface area (Å²) in [6.07, 6.45) is 1.37. The number of methoxy groups -OCH3 is 1. The monoisotopic (exact) mass is 247 g/mol. The molecule has 94 valence electrons. The van der Waals surface area contributed by atoms with Crippen LogP contribution in [0.2, 0.25) is 0 Å². The van der Waals surface area contributed by atoms with Crippen LogP contribution in [0.3, 0.4) is 0 Å². The Bertz CT molecular complexity index is 534. The van der Waals surface area contributed by atoms with Crippen LogP contribution in [0.15, 0.2) is 24.5 Å². The van der Waals surface area contributed by atoms with Crippen LogP contribution in [0, 0.1) is 0 Å². The number of ether oxygens (including phenoxy) is 2. The van der Waals surface area contributed by atoms with Crippen molar-refractivity contribution < 1.29 is 19.1 Å². The molecule has 18 heavy (non-hydrogen) atoms. The third kappa shape index (κ3) is 2.07. The zero-order valence-electron chi connectivity index (χ0n) is 10.1. The molecule has 0 spiro atoms. The molecule has 0 aliphatic carbocycles. The lowest BCUT2D eigenvalue weighted by Gasteiger charge is -2.18. The standard InChI is InChI=1S/C13H13NO4/c1-3-18-7-11-9-5-4-8(17-2)6-10(9)12(15)14-13(11)16/h4-7H,3H2,1-2H3,(H,14,15,16). The van der Waals surface area contributed by atoms with E-state index in [0.29, 0.717) is 29.1 Å². The van der Waals surface area contributed by atoms with Gasteiger partial charge in [-0.25, -0.2) is 0 Å². The van der Waals surface area contributed by atoms with Gasteiger partial charge in [-0.15, -0.1) is 0 Å². The van der Waals surface area contributed by atoms with E-state index in [9.17, 15) is 9.59 Å². The van der Waals surface area contributed by atoms with Crippen LogP contribution >= 0.6 is 0 Å². The SMILES string of the molecule is CCOC=C1C(=O)NC(=O)c2cc(OC)ccc21. The number of rotatable bonds is 3. The van der Waals surface area contributed by atoms with Crippen molar-refractivity contribution in [3.63, 3.8) is 0 Å². The van der Waals surface area contributed by atoms with Gasteiger partial charge in [0.1, 0.15) is 5.75 Å². The quantitative estimate of drug-likeness (QED) is 0.497. The summed E-state index contributed by atoms with van der Waals surface area (Å²) in [7, 11) is 1.52. The lowest BCUT2D eigenvalue weighted by atomic mass is 9.95. The van der Waals surface area contributed by atoms with Crippen LogP contribution in [0.25, 0.3) is 5.57 Å². The van der Waals surface area contributed by atoms with E-state index in [-0.39, 0.29) is 0 Å². The summed E-state index contributed by atoms with van der Waals surface area (Å²) < 4.78 is 10.2. The van der Waals surface area contributed by atoms with E-state index in [2.05, 4.69) is 5.32 Å². The maximum atomic E-state index is 11.7. The Balaban J connectivity index is 2.52. The largest absolute Gasteiger partial charge is 0.501 e. The summed E-state index contributed by atoms with van der Waals surface area (Å²) >= 11 is 0. The van der Waals surface area contributed by atoms with Crippen LogP contribution in [0.4, 0.5) is 0 Å². The molecule has 1 aromatic rings. The molecule has 0 saturated carbocycles. The Morgan fingerprint density at radius 3 is 2.67 bits per heavy atom. The smallest absolute Gasteiger partial charge is 0.261 e. The van der Waals surface area contributed by atoms with E-state index >= 15 is 0 Å². The number of fused-ring (bicyclic) bond motifs is 1. The van der Waals surface area contributed by atoms with E-state index in [1.807, 2.05) is 6.92 Å². The zero-order chi connectivity index (χ0) is 13.1. The molecule has 0 atom stereocenters. The fourth-order valence-electron chi connectivity index (χ4n) is 1.72. The number of benzene rings is 1. The van der Waals surface area contributed by atoms with Gasteiger partial charge in [-0.3, -0.25) is 14.9 Å². The highest BCUT2D eigenvalue weighted by Crippen LogP contribution is 2.27. The molecule has 2 rings (SSSR count). The van der Waals surface area contributed by atoms with Gasteiger partial charge in [0.05, 0.1) is 31.1 Å². The first-order chi connectivity index (χ1) is 8.67. The van der Waals surface area contributed by atoms with Crippen LogP contribution in [-0.4, -0.2) is 25.5 Å². The third-order valence-electron chi connectivity index (χ3n) is 2.60. The minimum absolute atomic E-state index is 0.342. The zero-order valence-corrected chi connectivity index (χ0v) is 10.1. The van der Waals surface area contributed by atoms with Gasteiger partial charge < -0.3 is 9.47 Å². The van der Waals surface area contributed by atoms with Crippen molar-refractivity contribution in [3.05, 3.63) is 35.6 Å². The molecule has 1 aliphatic heterocycles. The maximum Gasteiger partial charge on any atom is 0.261 e. The molecule has 1 N–H and O–H groups in total. The number of nitrogens with one attached hydrogen (secondary N) is 1. The Hall–Kier alpha value is -2.30. The van der Waals surface area contributed by atoms with Crippen molar-refractivity contribution in [2.45, 2.75) is 6.92 Å². The van der Waals surface area contributed by atoms with Gasteiger partial charge >= 0.3 is 0 Å². The van der Waals surface area contributed by atoms with E-state index in [1.54, 1.807) is 18.2 Å².